The molecular weight excluding hydrogens is 184 g/mol. The Morgan fingerprint density at radius 2 is 2.31 bits per heavy atom. The molecule has 2 rings (SSSR count). The summed E-state index contributed by atoms with van der Waals surface area (Å²) in [5, 5.41) is 0. The Hall–Kier alpha value is -0.960. The summed E-state index contributed by atoms with van der Waals surface area (Å²) in [5.74, 6) is 0.928. The number of carbonyl (C=O) groups is 1. The third kappa shape index (κ3) is 1.56. The van der Waals surface area contributed by atoms with Gasteiger partial charge in [0.2, 0.25) is 0 Å². The van der Waals surface area contributed by atoms with Gasteiger partial charge in [-0.25, -0.2) is 0 Å². The monoisotopic (exact) mass is 194 g/mol. The number of Topliss-reactive ketones (excluding diaryl/α,β-unsaturated/α-hetero) is 1. The van der Waals surface area contributed by atoms with E-state index in [0.29, 0.717) is 13.0 Å². The number of fused-ring (bicyclic) bond motifs is 1. The molecule has 0 spiro atoms. The molecule has 1 aromatic carbocycles. The molecule has 68 valence electrons. The molecule has 0 amide bonds. The van der Waals surface area contributed by atoms with Crippen molar-refractivity contribution in [2.24, 2.45) is 0 Å². The zero-order chi connectivity index (χ0) is 9.26. The molecule has 0 fully saturated rings. The Morgan fingerprint density at radius 1 is 1.46 bits per heavy atom. The molecule has 1 heterocycles. The zero-order valence-corrected chi connectivity index (χ0v) is 8.19. The van der Waals surface area contributed by atoms with Gasteiger partial charge in [0.15, 0.2) is 5.78 Å². The van der Waals surface area contributed by atoms with E-state index in [9.17, 15) is 4.79 Å². The van der Waals surface area contributed by atoms with Gasteiger partial charge in [0.05, 0.1) is 12.2 Å². The van der Waals surface area contributed by atoms with Crippen LogP contribution in [-0.4, -0.2) is 18.6 Å². The first kappa shape index (κ1) is 8.63. The second-order valence-electron chi connectivity index (χ2n) is 2.88. The SMILES string of the molecule is CSc1ccc2c(c1)OCCC2=O. The van der Waals surface area contributed by atoms with E-state index in [-0.39, 0.29) is 5.78 Å². The quantitative estimate of drug-likeness (QED) is 0.642. The van der Waals surface area contributed by atoms with Crippen molar-refractivity contribution in [3.05, 3.63) is 23.8 Å². The average molecular weight is 194 g/mol. The topological polar surface area (TPSA) is 26.3 Å². The molecule has 3 heteroatoms. The molecule has 0 unspecified atom stereocenters. The van der Waals surface area contributed by atoms with Gasteiger partial charge >= 0.3 is 0 Å². The van der Waals surface area contributed by atoms with E-state index in [0.717, 1.165) is 16.2 Å². The van der Waals surface area contributed by atoms with E-state index in [1.807, 2.05) is 24.5 Å². The second-order valence-corrected chi connectivity index (χ2v) is 3.76. The normalized spacial score (nSPS) is 15.0. The van der Waals surface area contributed by atoms with Gasteiger partial charge in [-0.15, -0.1) is 11.8 Å². The van der Waals surface area contributed by atoms with Gasteiger partial charge in [0.25, 0.3) is 0 Å². The van der Waals surface area contributed by atoms with Crippen molar-refractivity contribution in [3.8, 4) is 5.75 Å². The summed E-state index contributed by atoms with van der Waals surface area (Å²) in [6.45, 7) is 0.518. The van der Waals surface area contributed by atoms with Gasteiger partial charge in [0, 0.05) is 11.3 Å². The minimum atomic E-state index is 0.189. The van der Waals surface area contributed by atoms with Crippen LogP contribution in [0.4, 0.5) is 0 Å². The average Bonchev–Trinajstić information content (AvgIpc) is 2.18. The van der Waals surface area contributed by atoms with Crippen molar-refractivity contribution in [1.29, 1.82) is 0 Å². The van der Waals surface area contributed by atoms with Crippen LogP contribution < -0.4 is 4.74 Å². The van der Waals surface area contributed by atoms with Crippen LogP contribution in [0.5, 0.6) is 5.75 Å². The van der Waals surface area contributed by atoms with Gasteiger partial charge in [-0.1, -0.05) is 0 Å². The van der Waals surface area contributed by atoms with Crippen LogP contribution in [0.1, 0.15) is 16.8 Å². The van der Waals surface area contributed by atoms with Crippen LogP contribution in [-0.2, 0) is 0 Å². The number of thioether (sulfide) groups is 1. The molecule has 0 aliphatic carbocycles. The molecule has 13 heavy (non-hydrogen) atoms. The van der Waals surface area contributed by atoms with E-state index in [4.69, 9.17) is 4.74 Å². The van der Waals surface area contributed by atoms with Crippen molar-refractivity contribution >= 4 is 17.5 Å². The number of hydrogen-bond acceptors (Lipinski definition) is 3. The Bertz CT molecular complexity index is 347. The lowest BCUT2D eigenvalue weighted by Crippen LogP contribution is -2.14. The highest BCUT2D eigenvalue weighted by atomic mass is 32.2. The van der Waals surface area contributed by atoms with Crippen molar-refractivity contribution in [2.75, 3.05) is 12.9 Å². The summed E-state index contributed by atoms with van der Waals surface area (Å²) < 4.78 is 5.40. The summed E-state index contributed by atoms with van der Waals surface area (Å²) in [7, 11) is 0. The van der Waals surface area contributed by atoms with Gasteiger partial charge in [-0.05, 0) is 24.5 Å². The van der Waals surface area contributed by atoms with Crippen molar-refractivity contribution in [3.63, 3.8) is 0 Å². The van der Waals surface area contributed by atoms with Crippen LogP contribution in [0, 0.1) is 0 Å². The predicted octanol–water partition coefficient (Wildman–Crippen LogP) is 2.37. The third-order valence-electron chi connectivity index (χ3n) is 2.08. The number of hydrogen-bond donors (Lipinski definition) is 0. The Labute approximate surface area is 81.3 Å². The molecule has 0 aromatic heterocycles. The Morgan fingerprint density at radius 3 is 3.08 bits per heavy atom. The molecule has 0 saturated heterocycles. The van der Waals surface area contributed by atoms with Crippen LogP contribution in [0.25, 0.3) is 0 Å². The number of ether oxygens (including phenoxy) is 1. The van der Waals surface area contributed by atoms with Crippen molar-refractivity contribution < 1.29 is 9.53 Å². The maximum Gasteiger partial charge on any atom is 0.169 e. The Balaban J connectivity index is 2.45. The lowest BCUT2D eigenvalue weighted by Gasteiger charge is -2.16. The highest BCUT2D eigenvalue weighted by molar-refractivity contribution is 7.98. The summed E-state index contributed by atoms with van der Waals surface area (Å²) >= 11 is 1.65. The predicted molar refractivity (Wildman–Crippen MR) is 52.7 cm³/mol. The number of benzene rings is 1. The maximum atomic E-state index is 11.4. The first-order valence-electron chi connectivity index (χ1n) is 4.15. The highest BCUT2D eigenvalue weighted by Gasteiger charge is 2.17. The van der Waals surface area contributed by atoms with E-state index < -0.39 is 0 Å². The van der Waals surface area contributed by atoms with E-state index in [1.165, 1.54) is 0 Å². The molecule has 0 saturated carbocycles. The number of rotatable bonds is 1. The molecule has 1 aromatic rings. The largest absolute Gasteiger partial charge is 0.492 e. The fourth-order valence-corrected chi connectivity index (χ4v) is 1.80. The first-order chi connectivity index (χ1) is 6.31. The molecular formula is C10H10O2S. The van der Waals surface area contributed by atoms with Crippen LogP contribution in [0.3, 0.4) is 0 Å². The van der Waals surface area contributed by atoms with E-state index >= 15 is 0 Å². The smallest absolute Gasteiger partial charge is 0.169 e. The summed E-state index contributed by atoms with van der Waals surface area (Å²) in [6.07, 6.45) is 2.51. The number of ketones is 1. The standard InChI is InChI=1S/C10H10O2S/c1-13-7-2-3-8-9(11)4-5-12-10(8)6-7/h2-3,6H,4-5H2,1H3. The number of carbonyl (C=O) groups excluding carboxylic acids is 1. The van der Waals surface area contributed by atoms with Gasteiger partial charge in [-0.3, -0.25) is 4.79 Å². The van der Waals surface area contributed by atoms with Crippen molar-refractivity contribution in [1.82, 2.24) is 0 Å². The lowest BCUT2D eigenvalue weighted by atomic mass is 10.1. The molecule has 0 N–H and O–H groups in total. The lowest BCUT2D eigenvalue weighted by molar-refractivity contribution is 0.0933. The summed E-state index contributed by atoms with van der Waals surface area (Å²) in [6, 6.07) is 5.73. The fraction of sp³-hybridized carbons (Fsp3) is 0.300. The van der Waals surface area contributed by atoms with E-state index in [1.54, 1.807) is 11.8 Å². The molecule has 1 aliphatic rings. The maximum absolute atomic E-state index is 11.4. The minimum Gasteiger partial charge on any atom is -0.492 e. The molecule has 0 atom stereocenters. The van der Waals surface area contributed by atoms with Crippen LogP contribution in [0.2, 0.25) is 0 Å². The van der Waals surface area contributed by atoms with Gasteiger partial charge in [0.1, 0.15) is 5.75 Å². The molecule has 1 aliphatic heterocycles. The summed E-state index contributed by atoms with van der Waals surface area (Å²) in [5.41, 5.74) is 0.726. The van der Waals surface area contributed by atoms with Crippen molar-refractivity contribution in [2.45, 2.75) is 11.3 Å². The second kappa shape index (κ2) is 3.42. The Kier molecular flexibility index (Phi) is 2.27. The highest BCUT2D eigenvalue weighted by Crippen LogP contribution is 2.28. The minimum absolute atomic E-state index is 0.189. The first-order valence-corrected chi connectivity index (χ1v) is 5.38. The van der Waals surface area contributed by atoms with E-state index in [2.05, 4.69) is 0 Å². The van der Waals surface area contributed by atoms with Gasteiger partial charge < -0.3 is 4.74 Å². The zero-order valence-electron chi connectivity index (χ0n) is 7.37. The molecule has 2 nitrogen and oxygen atoms in total. The van der Waals surface area contributed by atoms with Crippen LogP contribution in [0.15, 0.2) is 23.1 Å². The van der Waals surface area contributed by atoms with Crippen LogP contribution >= 0.6 is 11.8 Å². The fourth-order valence-electron chi connectivity index (χ4n) is 1.37. The molecule has 0 bridgehead atoms. The third-order valence-corrected chi connectivity index (χ3v) is 2.80. The van der Waals surface area contributed by atoms with Gasteiger partial charge in [-0.2, -0.15) is 0 Å². The summed E-state index contributed by atoms with van der Waals surface area (Å²) in [4.78, 5) is 12.5. The molecule has 0 radical (unpaired) electrons.